The first-order chi connectivity index (χ1) is 39.0. The van der Waals surface area contributed by atoms with Gasteiger partial charge in [-0.15, -0.1) is 11.3 Å². The lowest BCUT2D eigenvalue weighted by molar-refractivity contribution is -0.148. The number of anilines is 2. The molecule has 3 fully saturated rings. The molecule has 3 aliphatic heterocycles. The maximum Gasteiger partial charge on any atom is 0.390 e. The molecular weight excluding hydrogens is 1080 g/mol. The van der Waals surface area contributed by atoms with Crippen LogP contribution in [0.3, 0.4) is 0 Å². The second-order valence-corrected chi connectivity index (χ2v) is 23.9. The fourth-order valence-corrected chi connectivity index (χ4v) is 12.0. The Hall–Kier alpha value is -6.86. The van der Waals surface area contributed by atoms with Crippen molar-refractivity contribution in [3.8, 4) is 27.4 Å². The Morgan fingerprint density at radius 1 is 0.963 bits per heavy atom. The highest BCUT2D eigenvalue weighted by molar-refractivity contribution is 7.13. The number of nitrogen functional groups attached to an aromatic ring is 1. The number of benzene rings is 2. The highest BCUT2D eigenvalue weighted by Gasteiger charge is 2.45. The van der Waals surface area contributed by atoms with Crippen LogP contribution in [0.25, 0.3) is 32.9 Å². The number of imidazole rings is 1. The van der Waals surface area contributed by atoms with Gasteiger partial charge < -0.3 is 55.9 Å². The van der Waals surface area contributed by atoms with Gasteiger partial charge in [-0.05, 0) is 92.3 Å². The summed E-state index contributed by atoms with van der Waals surface area (Å²) in [5.41, 5.74) is 18.0. The fourth-order valence-electron chi connectivity index (χ4n) is 11.2. The van der Waals surface area contributed by atoms with Crippen molar-refractivity contribution < 1.29 is 46.5 Å². The second kappa shape index (κ2) is 25.3. The van der Waals surface area contributed by atoms with Gasteiger partial charge >= 0.3 is 6.18 Å². The lowest BCUT2D eigenvalue weighted by Gasteiger charge is -2.42. The Balaban J connectivity index is 0.720. The molecule has 3 aliphatic rings. The third kappa shape index (κ3) is 14.7. The number of fused-ring (bicyclic) bond motifs is 1. The predicted octanol–water partition coefficient (Wildman–Crippen LogP) is 7.35. The molecule has 3 saturated heterocycles. The molecule has 0 aliphatic carbocycles. The Morgan fingerprint density at radius 2 is 1.72 bits per heavy atom. The molecule has 2 aromatic carbocycles. The van der Waals surface area contributed by atoms with E-state index in [1.165, 1.54) is 17.3 Å². The van der Waals surface area contributed by atoms with E-state index in [0.717, 1.165) is 21.7 Å². The van der Waals surface area contributed by atoms with Gasteiger partial charge in [0, 0.05) is 69.8 Å². The topological polar surface area (TPSA) is 245 Å². The van der Waals surface area contributed by atoms with Crippen LogP contribution < -0.4 is 31.7 Å². The highest BCUT2D eigenvalue weighted by Crippen LogP contribution is 2.37. The van der Waals surface area contributed by atoms with Crippen LogP contribution in [-0.2, 0) is 25.7 Å². The number of carbonyl (C=O) groups excluding carboxylic acids is 3. The molecule has 0 spiro atoms. The van der Waals surface area contributed by atoms with Crippen LogP contribution in [0.5, 0.6) is 5.75 Å². The van der Waals surface area contributed by atoms with E-state index in [1.54, 1.807) is 46.6 Å². The largest absolute Gasteiger partial charge is 0.487 e. The van der Waals surface area contributed by atoms with Gasteiger partial charge in [-0.3, -0.25) is 19.4 Å². The van der Waals surface area contributed by atoms with Crippen molar-refractivity contribution in [1.82, 2.24) is 49.9 Å². The summed E-state index contributed by atoms with van der Waals surface area (Å²) in [5, 5.41) is 16.6. The zero-order chi connectivity index (χ0) is 58.5. The third-order valence-corrected chi connectivity index (χ3v) is 16.6. The number of likely N-dealkylation sites (tertiary alicyclic amines) is 2. The number of carbonyl (C=O) groups is 3. The summed E-state index contributed by atoms with van der Waals surface area (Å²) in [7, 11) is 0. The highest BCUT2D eigenvalue weighted by atomic mass is 32.1. The number of nitrogens with zero attached hydrogens (tertiary/aromatic N) is 9. The number of thiazole rings is 1. The number of aromatic nitrogens is 6. The standard InChI is InChI=1S/C58H73F4N13O6S/c1-35(37-9-11-38(12-10-37)50-36(2)69-34-82-50)70-54(78)45-26-41(76)29-75(45)55(79)51(56(3,4)5)71-48(77)8-6-22-80-23-21-72-19-15-42(16-20-72)81-47-14-13-39(24-43(47)59)44-25-40(28-74-33-68-49-52(63)66-32-67-53(49)74)46(27-65-44)73-18-7-17-57(64,31-73)30-58(60,61)62/h9-14,24-25,27,32-35,41-42,45,51,76H,6-8,15-23,26,28-31,64H2,1-5H3,(H,70,78)(H,71,77)(H2,63,66,67)/t35-,41+,45-,51+,57-/m0/s1. The molecule has 7 N–H and O–H groups in total. The molecule has 6 aromatic rings. The van der Waals surface area contributed by atoms with Gasteiger partial charge in [0.05, 0.1) is 71.7 Å². The number of aliphatic hydroxyl groups is 1. The average Bonchev–Trinajstić information content (AvgIpc) is 4.27. The van der Waals surface area contributed by atoms with E-state index in [1.807, 2.05) is 69.3 Å². The number of piperidine rings is 2. The number of alkyl halides is 3. The molecule has 7 heterocycles. The number of nitrogens with one attached hydrogen (secondary N) is 2. The summed E-state index contributed by atoms with van der Waals surface area (Å²) >= 11 is 1.57. The van der Waals surface area contributed by atoms with E-state index < -0.39 is 53.5 Å². The third-order valence-electron chi connectivity index (χ3n) is 15.6. The van der Waals surface area contributed by atoms with E-state index >= 15 is 4.39 Å². The summed E-state index contributed by atoms with van der Waals surface area (Å²) in [6.45, 7) is 12.8. The van der Waals surface area contributed by atoms with Gasteiger partial charge in [-0.2, -0.15) is 13.2 Å². The minimum atomic E-state index is -4.43. The number of rotatable bonds is 20. The number of β-amino-alcohol motifs (C(OH)–C–C–N with tert-alkyl or cyclic N) is 1. The number of aliphatic hydroxyl groups excluding tert-OH is 1. The summed E-state index contributed by atoms with van der Waals surface area (Å²) in [6, 6.07) is 12.2. The van der Waals surface area contributed by atoms with E-state index in [-0.39, 0.29) is 74.4 Å². The van der Waals surface area contributed by atoms with Gasteiger partial charge in [0.1, 0.15) is 30.0 Å². The van der Waals surface area contributed by atoms with Gasteiger partial charge in [0.25, 0.3) is 0 Å². The van der Waals surface area contributed by atoms with Crippen LogP contribution in [0.15, 0.2) is 72.9 Å². The van der Waals surface area contributed by atoms with Gasteiger partial charge in [-0.1, -0.05) is 45.0 Å². The minimum absolute atomic E-state index is 0.0245. The van der Waals surface area contributed by atoms with Crippen molar-refractivity contribution >= 4 is 51.7 Å². The molecule has 24 heteroatoms. The van der Waals surface area contributed by atoms with Crippen LogP contribution in [0.1, 0.15) is 102 Å². The zero-order valence-electron chi connectivity index (χ0n) is 46.9. The number of ether oxygens (including phenoxy) is 2. The molecule has 19 nitrogen and oxygen atoms in total. The smallest absolute Gasteiger partial charge is 0.390 e. The van der Waals surface area contributed by atoms with Crippen molar-refractivity contribution in [3.63, 3.8) is 0 Å². The van der Waals surface area contributed by atoms with Crippen LogP contribution in [0.2, 0.25) is 0 Å². The van der Waals surface area contributed by atoms with Gasteiger partial charge in [0.2, 0.25) is 17.7 Å². The molecule has 0 saturated carbocycles. The normalized spacial score (nSPS) is 20.0. The van der Waals surface area contributed by atoms with Gasteiger partial charge in [-0.25, -0.2) is 24.3 Å². The number of hydrogen-bond acceptors (Lipinski definition) is 16. The Morgan fingerprint density at radius 3 is 2.43 bits per heavy atom. The first kappa shape index (κ1) is 59.8. The molecule has 0 radical (unpaired) electrons. The fraction of sp³-hybridized carbons (Fsp3) is 0.517. The van der Waals surface area contributed by atoms with Crippen LogP contribution in [0, 0.1) is 18.2 Å². The van der Waals surface area contributed by atoms with Crippen molar-refractivity contribution in [2.45, 2.75) is 135 Å². The quantitative estimate of drug-likeness (QED) is 0.0371. The van der Waals surface area contributed by atoms with Crippen LogP contribution in [0.4, 0.5) is 29.1 Å². The van der Waals surface area contributed by atoms with E-state index in [0.29, 0.717) is 98.7 Å². The average molecular weight is 1160 g/mol. The lowest BCUT2D eigenvalue weighted by Crippen LogP contribution is -2.57. The zero-order valence-corrected chi connectivity index (χ0v) is 47.7. The predicted molar refractivity (Wildman–Crippen MR) is 304 cm³/mol. The molecule has 4 aromatic heterocycles. The monoisotopic (exact) mass is 1160 g/mol. The number of halogens is 4. The Kier molecular flexibility index (Phi) is 18.5. The summed E-state index contributed by atoms with van der Waals surface area (Å²) < 4.78 is 70.6. The second-order valence-electron chi connectivity index (χ2n) is 23.1. The van der Waals surface area contributed by atoms with Crippen LogP contribution >= 0.6 is 11.3 Å². The van der Waals surface area contributed by atoms with E-state index in [2.05, 4.69) is 40.5 Å². The van der Waals surface area contributed by atoms with Crippen molar-refractivity contribution in [2.24, 2.45) is 11.1 Å². The summed E-state index contributed by atoms with van der Waals surface area (Å²) in [5.74, 6) is -1.38. The number of nitrogens with two attached hydrogens (primary N) is 2. The molecule has 9 rings (SSSR count). The Labute approximate surface area is 478 Å². The lowest BCUT2D eigenvalue weighted by atomic mass is 9.85. The number of pyridine rings is 1. The molecular formula is C58H73F4N13O6S. The van der Waals surface area contributed by atoms with Crippen LogP contribution in [-0.4, -0.2) is 151 Å². The maximum atomic E-state index is 15.9. The molecule has 0 unspecified atom stereocenters. The van der Waals surface area contributed by atoms with Gasteiger partial charge in [0.15, 0.2) is 23.0 Å². The number of aryl methyl sites for hydroxylation is 1. The van der Waals surface area contributed by atoms with Crippen molar-refractivity contribution in [1.29, 1.82) is 0 Å². The molecule has 82 heavy (non-hydrogen) atoms. The van der Waals surface area contributed by atoms with E-state index in [9.17, 15) is 32.7 Å². The van der Waals surface area contributed by atoms with Crippen molar-refractivity contribution in [2.75, 3.05) is 63.1 Å². The number of amides is 3. The maximum absolute atomic E-state index is 15.9. The minimum Gasteiger partial charge on any atom is -0.487 e. The first-order valence-electron chi connectivity index (χ1n) is 27.9. The molecule has 3 amide bonds. The molecule has 440 valence electrons. The van der Waals surface area contributed by atoms with E-state index in [4.69, 9.17) is 20.9 Å². The van der Waals surface area contributed by atoms with Crippen molar-refractivity contribution in [3.05, 3.63) is 95.5 Å². The first-order valence-corrected chi connectivity index (χ1v) is 28.7. The summed E-state index contributed by atoms with van der Waals surface area (Å²) in [6.07, 6.45) is 0.458. The molecule has 0 bridgehead atoms. The summed E-state index contributed by atoms with van der Waals surface area (Å²) in [4.78, 5) is 69.5. The number of hydrogen-bond donors (Lipinski definition) is 5. The SMILES string of the molecule is Cc1ncsc1-c1ccc([C@H](C)NC(=O)[C@@H]2C[C@@H](O)CN2C(=O)[C@@H](NC(=O)CCCOCCN2CCC(Oc3ccc(-c4cc(Cn5cnc6c(N)ncnc65)c(N5CCC[C@](N)(CC(F)(F)F)C5)cn4)cc3F)CC2)C(C)(C)C)cc1. The molecule has 5 atom stereocenters. The Bertz CT molecular complexity index is 3200.